The molecule has 1 saturated heterocycles. The van der Waals surface area contributed by atoms with Gasteiger partial charge in [0.05, 0.1) is 0 Å². The minimum absolute atomic E-state index is 0.235. The molecule has 0 bridgehead atoms. The van der Waals surface area contributed by atoms with Gasteiger partial charge in [-0.15, -0.1) is 0 Å². The average molecular weight is 212 g/mol. The summed E-state index contributed by atoms with van der Waals surface area (Å²) in [6.07, 6.45) is 1.58. The lowest BCUT2D eigenvalue weighted by atomic mass is 10.3. The number of nitrogens with zero attached hydrogens (tertiary/aromatic N) is 2. The van der Waals surface area contributed by atoms with Crippen molar-refractivity contribution in [3.63, 3.8) is 0 Å². The van der Waals surface area contributed by atoms with Crippen LogP contribution in [0.25, 0.3) is 0 Å². The molecule has 0 aromatic rings. The number of hydrogen-bond acceptors (Lipinski definition) is 2. The quantitative estimate of drug-likeness (QED) is 0.492. The van der Waals surface area contributed by atoms with Gasteiger partial charge in [-0.05, 0) is 6.42 Å². The normalized spacial score (nSPS) is 21.7. The smallest absolute Gasteiger partial charge is 0.222 e. The van der Waals surface area contributed by atoms with Crippen LogP contribution in [0, 0.1) is 0 Å². The monoisotopic (exact) mass is 212 g/mol. The fraction of sp³-hybridized carbons (Fsp3) is 0.800. The van der Waals surface area contributed by atoms with Gasteiger partial charge >= 0.3 is 0 Å². The Balaban J connectivity index is 2.39. The van der Waals surface area contributed by atoms with E-state index in [-0.39, 0.29) is 5.91 Å². The summed E-state index contributed by atoms with van der Waals surface area (Å²) in [7, 11) is 3.57. The number of carbonyl (C=O) groups is 1. The van der Waals surface area contributed by atoms with Gasteiger partial charge in [0.25, 0.3) is 0 Å². The van der Waals surface area contributed by atoms with E-state index in [1.165, 1.54) is 0 Å². The number of hydrogen-bond donors (Lipinski definition) is 2. The molecule has 0 aliphatic carbocycles. The van der Waals surface area contributed by atoms with Gasteiger partial charge in [0.2, 0.25) is 5.91 Å². The molecule has 0 spiro atoms. The Hall–Kier alpha value is -1.26. The second kappa shape index (κ2) is 5.58. The Bertz CT molecular complexity index is 252. The zero-order valence-electron chi connectivity index (χ0n) is 9.71. The first kappa shape index (κ1) is 11.8. The van der Waals surface area contributed by atoms with Crippen molar-refractivity contribution < 1.29 is 4.79 Å². The standard InChI is InChI=1S/C10H20N4O/c1-4-9(15)14-6-5-8(7-14)13-10(11-2)12-3/h8H,4-7H2,1-3H3,(H2,11,12,13). The molecule has 2 N–H and O–H groups in total. The van der Waals surface area contributed by atoms with Gasteiger partial charge in [-0.2, -0.15) is 0 Å². The van der Waals surface area contributed by atoms with Gasteiger partial charge in [-0.3, -0.25) is 9.79 Å². The van der Waals surface area contributed by atoms with E-state index in [1.807, 2.05) is 18.9 Å². The molecule has 1 heterocycles. The van der Waals surface area contributed by atoms with Crippen LogP contribution >= 0.6 is 0 Å². The Morgan fingerprint density at radius 2 is 2.33 bits per heavy atom. The van der Waals surface area contributed by atoms with E-state index in [1.54, 1.807) is 7.05 Å². The van der Waals surface area contributed by atoms with Gasteiger partial charge in [0, 0.05) is 39.6 Å². The van der Waals surface area contributed by atoms with Crippen molar-refractivity contribution in [1.82, 2.24) is 15.5 Å². The summed E-state index contributed by atoms with van der Waals surface area (Å²) in [5.74, 6) is 1.02. The van der Waals surface area contributed by atoms with Crippen LogP contribution in [0.4, 0.5) is 0 Å². The van der Waals surface area contributed by atoms with Crippen LogP contribution < -0.4 is 10.6 Å². The third-order valence-electron chi connectivity index (χ3n) is 2.64. The highest BCUT2D eigenvalue weighted by Gasteiger charge is 2.25. The molecule has 1 amide bonds. The van der Waals surface area contributed by atoms with Crippen molar-refractivity contribution in [3.05, 3.63) is 0 Å². The molecule has 1 aliphatic heterocycles. The molecule has 1 rings (SSSR count). The summed E-state index contributed by atoms with van der Waals surface area (Å²) in [6, 6.07) is 0.326. The van der Waals surface area contributed by atoms with E-state index in [9.17, 15) is 4.79 Å². The third kappa shape index (κ3) is 3.11. The largest absolute Gasteiger partial charge is 0.359 e. The van der Waals surface area contributed by atoms with Crippen LogP contribution in [-0.2, 0) is 4.79 Å². The molecule has 1 fully saturated rings. The number of aliphatic imine (C=N–C) groups is 1. The molecule has 0 aromatic carbocycles. The molecule has 86 valence electrons. The summed E-state index contributed by atoms with van der Waals surface area (Å²) in [6.45, 7) is 3.54. The van der Waals surface area contributed by atoms with E-state index in [4.69, 9.17) is 0 Å². The van der Waals surface area contributed by atoms with Crippen LogP contribution in [0.3, 0.4) is 0 Å². The Labute approximate surface area is 90.9 Å². The molecule has 5 nitrogen and oxygen atoms in total. The minimum Gasteiger partial charge on any atom is -0.359 e. The van der Waals surface area contributed by atoms with Crippen molar-refractivity contribution in [3.8, 4) is 0 Å². The first-order valence-electron chi connectivity index (χ1n) is 5.40. The average Bonchev–Trinajstić information content (AvgIpc) is 2.73. The molecular formula is C10H20N4O. The van der Waals surface area contributed by atoms with Crippen LogP contribution in [0.1, 0.15) is 19.8 Å². The fourth-order valence-electron chi connectivity index (χ4n) is 1.77. The summed E-state index contributed by atoms with van der Waals surface area (Å²) in [5, 5.41) is 6.24. The zero-order valence-corrected chi connectivity index (χ0v) is 9.71. The lowest BCUT2D eigenvalue weighted by Crippen LogP contribution is -2.43. The Morgan fingerprint density at radius 3 is 2.87 bits per heavy atom. The van der Waals surface area contributed by atoms with Gasteiger partial charge < -0.3 is 15.5 Å². The van der Waals surface area contributed by atoms with Gasteiger partial charge in [0.15, 0.2) is 5.96 Å². The van der Waals surface area contributed by atoms with Crippen molar-refractivity contribution in [2.75, 3.05) is 27.2 Å². The fourth-order valence-corrected chi connectivity index (χ4v) is 1.77. The summed E-state index contributed by atoms with van der Waals surface area (Å²) in [5.41, 5.74) is 0. The number of carbonyl (C=O) groups excluding carboxylic acids is 1. The van der Waals surface area contributed by atoms with E-state index >= 15 is 0 Å². The first-order chi connectivity index (χ1) is 7.21. The summed E-state index contributed by atoms with van der Waals surface area (Å²) in [4.78, 5) is 17.4. The molecule has 0 saturated carbocycles. The number of guanidine groups is 1. The van der Waals surface area contributed by atoms with Crippen LogP contribution in [0.5, 0.6) is 0 Å². The molecule has 15 heavy (non-hydrogen) atoms. The van der Waals surface area contributed by atoms with Crippen molar-refractivity contribution in [2.24, 2.45) is 4.99 Å². The minimum atomic E-state index is 0.235. The molecule has 1 atom stereocenters. The maximum absolute atomic E-state index is 11.4. The maximum Gasteiger partial charge on any atom is 0.222 e. The number of likely N-dealkylation sites (tertiary alicyclic amines) is 1. The Morgan fingerprint density at radius 1 is 1.60 bits per heavy atom. The molecule has 0 aromatic heterocycles. The van der Waals surface area contributed by atoms with Gasteiger partial charge in [-0.25, -0.2) is 0 Å². The predicted octanol–water partition coefficient (Wildman–Crippen LogP) is -0.208. The van der Waals surface area contributed by atoms with Crippen molar-refractivity contribution in [2.45, 2.75) is 25.8 Å². The van der Waals surface area contributed by atoms with Crippen molar-refractivity contribution >= 4 is 11.9 Å². The van der Waals surface area contributed by atoms with Crippen LogP contribution in [-0.4, -0.2) is 50.0 Å². The lowest BCUT2D eigenvalue weighted by molar-refractivity contribution is -0.129. The number of rotatable bonds is 2. The number of amides is 1. The molecule has 5 heteroatoms. The highest BCUT2D eigenvalue weighted by Crippen LogP contribution is 2.10. The molecule has 0 radical (unpaired) electrons. The van der Waals surface area contributed by atoms with E-state index in [0.717, 1.165) is 25.5 Å². The summed E-state index contributed by atoms with van der Waals surface area (Å²) < 4.78 is 0. The van der Waals surface area contributed by atoms with Crippen LogP contribution in [0.15, 0.2) is 4.99 Å². The van der Waals surface area contributed by atoms with E-state index in [0.29, 0.717) is 12.5 Å². The second-order valence-electron chi connectivity index (χ2n) is 3.65. The first-order valence-corrected chi connectivity index (χ1v) is 5.40. The van der Waals surface area contributed by atoms with E-state index < -0.39 is 0 Å². The second-order valence-corrected chi connectivity index (χ2v) is 3.65. The zero-order chi connectivity index (χ0) is 11.3. The molecular weight excluding hydrogens is 192 g/mol. The lowest BCUT2D eigenvalue weighted by Gasteiger charge is -2.17. The Kier molecular flexibility index (Phi) is 4.39. The summed E-state index contributed by atoms with van der Waals surface area (Å²) >= 11 is 0. The van der Waals surface area contributed by atoms with Crippen LogP contribution in [0.2, 0.25) is 0 Å². The van der Waals surface area contributed by atoms with Gasteiger partial charge in [-0.1, -0.05) is 6.92 Å². The van der Waals surface area contributed by atoms with Gasteiger partial charge in [0.1, 0.15) is 0 Å². The molecule has 1 unspecified atom stereocenters. The maximum atomic E-state index is 11.4. The SMILES string of the molecule is CCC(=O)N1CCC(NC(=NC)NC)C1. The topological polar surface area (TPSA) is 56.7 Å². The van der Waals surface area contributed by atoms with Crippen molar-refractivity contribution in [1.29, 1.82) is 0 Å². The predicted molar refractivity (Wildman–Crippen MR) is 60.8 cm³/mol. The highest BCUT2D eigenvalue weighted by atomic mass is 16.2. The highest BCUT2D eigenvalue weighted by molar-refractivity contribution is 5.80. The number of nitrogens with one attached hydrogen (secondary N) is 2. The third-order valence-corrected chi connectivity index (χ3v) is 2.64. The molecule has 1 aliphatic rings. The van der Waals surface area contributed by atoms with E-state index in [2.05, 4.69) is 15.6 Å².